The molecule has 1 fully saturated rings. The molecular weight excluding hydrogens is 467 g/mol. The number of hydrogen-bond donors (Lipinski definition) is 1. The van der Waals surface area contributed by atoms with Gasteiger partial charge in [0.25, 0.3) is 5.91 Å². The van der Waals surface area contributed by atoms with Crippen molar-refractivity contribution >= 4 is 17.5 Å². The first-order valence-electron chi connectivity index (χ1n) is 11.8. The Hall–Kier alpha value is -4.02. The summed E-state index contributed by atoms with van der Waals surface area (Å²) >= 11 is 0. The van der Waals surface area contributed by atoms with E-state index in [0.29, 0.717) is 22.7 Å². The van der Waals surface area contributed by atoms with Crippen LogP contribution in [0.2, 0.25) is 0 Å². The second-order valence-electron chi connectivity index (χ2n) is 8.62. The van der Waals surface area contributed by atoms with Gasteiger partial charge in [-0.1, -0.05) is 12.8 Å². The predicted molar refractivity (Wildman–Crippen MR) is 130 cm³/mol. The van der Waals surface area contributed by atoms with E-state index in [1.54, 1.807) is 25.1 Å². The van der Waals surface area contributed by atoms with Crippen molar-refractivity contribution in [1.82, 2.24) is 25.5 Å². The molecule has 0 unspecified atom stereocenters. The molecule has 0 spiro atoms. The summed E-state index contributed by atoms with van der Waals surface area (Å²) in [5, 5.41) is 15.3. The summed E-state index contributed by atoms with van der Waals surface area (Å²) in [6, 6.07) is 9.97. The number of nitrogens with one attached hydrogen (secondary N) is 1. The van der Waals surface area contributed by atoms with Crippen molar-refractivity contribution in [2.45, 2.75) is 51.2 Å². The number of methoxy groups -OCH3 is 2. The number of hydrogen-bond acceptors (Lipinski definition) is 7. The largest absolute Gasteiger partial charge is 0.493 e. The Morgan fingerprint density at radius 3 is 2.47 bits per heavy atom. The first-order chi connectivity index (χ1) is 17.4. The standard InChI is InChI=1S/C25H29FN6O4/c1-16(25(34)27-19-6-4-5-7-19)32(20-12-13-21(35-2)22(14-20)36-3)23(33)15-31-29-24(28-30-31)17-8-10-18(26)11-9-17/h8-14,16,19H,4-7,15H2,1-3H3,(H,27,34)/t16-/m0/s1. The molecule has 1 aliphatic carbocycles. The van der Waals surface area contributed by atoms with Crippen molar-refractivity contribution < 1.29 is 23.5 Å². The zero-order chi connectivity index (χ0) is 25.7. The molecule has 2 amide bonds. The van der Waals surface area contributed by atoms with Gasteiger partial charge in [0.05, 0.1) is 14.2 Å². The van der Waals surface area contributed by atoms with Crippen LogP contribution in [0, 0.1) is 5.82 Å². The van der Waals surface area contributed by atoms with E-state index in [4.69, 9.17) is 9.47 Å². The summed E-state index contributed by atoms with van der Waals surface area (Å²) in [7, 11) is 3.02. The fourth-order valence-corrected chi connectivity index (χ4v) is 4.29. The van der Waals surface area contributed by atoms with Gasteiger partial charge in [0, 0.05) is 23.4 Å². The van der Waals surface area contributed by atoms with Crippen LogP contribution >= 0.6 is 0 Å². The number of nitrogens with zero attached hydrogens (tertiary/aromatic N) is 5. The zero-order valence-corrected chi connectivity index (χ0v) is 20.5. The number of aromatic nitrogens is 4. The minimum Gasteiger partial charge on any atom is -0.493 e. The van der Waals surface area contributed by atoms with Gasteiger partial charge in [0.2, 0.25) is 11.7 Å². The third kappa shape index (κ3) is 5.61. The molecule has 0 saturated heterocycles. The van der Waals surface area contributed by atoms with E-state index in [1.165, 1.54) is 43.4 Å². The van der Waals surface area contributed by atoms with Crippen molar-refractivity contribution in [3.63, 3.8) is 0 Å². The Balaban J connectivity index is 1.59. The van der Waals surface area contributed by atoms with Crippen molar-refractivity contribution in [2.24, 2.45) is 0 Å². The Bertz CT molecular complexity index is 1210. The molecule has 36 heavy (non-hydrogen) atoms. The SMILES string of the molecule is COc1ccc(N(C(=O)Cn2nnc(-c3ccc(F)cc3)n2)[C@@H](C)C(=O)NC2CCCC2)cc1OC. The minimum absolute atomic E-state index is 0.109. The monoisotopic (exact) mass is 496 g/mol. The molecule has 4 rings (SSSR count). The molecule has 1 aromatic heterocycles. The lowest BCUT2D eigenvalue weighted by Crippen LogP contribution is -2.51. The van der Waals surface area contributed by atoms with Gasteiger partial charge < -0.3 is 14.8 Å². The number of halogens is 1. The van der Waals surface area contributed by atoms with Gasteiger partial charge in [-0.15, -0.1) is 10.2 Å². The van der Waals surface area contributed by atoms with Crippen LogP contribution in [0.4, 0.5) is 10.1 Å². The maximum Gasteiger partial charge on any atom is 0.251 e. The number of benzene rings is 2. The fraction of sp³-hybridized carbons (Fsp3) is 0.400. The third-order valence-electron chi connectivity index (χ3n) is 6.21. The maximum atomic E-state index is 13.5. The molecule has 3 aromatic rings. The molecule has 11 heteroatoms. The molecule has 1 saturated carbocycles. The fourth-order valence-electron chi connectivity index (χ4n) is 4.29. The van der Waals surface area contributed by atoms with Crippen LogP contribution in [0.15, 0.2) is 42.5 Å². The molecule has 0 bridgehead atoms. The Kier molecular flexibility index (Phi) is 7.77. The summed E-state index contributed by atoms with van der Waals surface area (Å²) in [4.78, 5) is 29.2. The Labute approximate surface area is 208 Å². The highest BCUT2D eigenvalue weighted by molar-refractivity contribution is 6.00. The lowest BCUT2D eigenvalue weighted by Gasteiger charge is -2.30. The van der Waals surface area contributed by atoms with Gasteiger partial charge in [0.1, 0.15) is 18.4 Å². The Morgan fingerprint density at radius 2 is 1.81 bits per heavy atom. The minimum atomic E-state index is -0.809. The normalized spacial score (nSPS) is 14.3. The number of tetrazole rings is 1. The number of carbonyl (C=O) groups is 2. The summed E-state index contributed by atoms with van der Waals surface area (Å²) < 4.78 is 24.0. The van der Waals surface area contributed by atoms with Crippen LogP contribution in [0.25, 0.3) is 11.4 Å². The van der Waals surface area contributed by atoms with Gasteiger partial charge in [-0.3, -0.25) is 14.5 Å². The van der Waals surface area contributed by atoms with Crippen LogP contribution in [-0.4, -0.2) is 58.3 Å². The summed E-state index contributed by atoms with van der Waals surface area (Å²) in [6.07, 6.45) is 4.01. The quantitative estimate of drug-likeness (QED) is 0.485. The van der Waals surface area contributed by atoms with Crippen molar-refractivity contribution in [3.05, 3.63) is 48.3 Å². The second-order valence-corrected chi connectivity index (χ2v) is 8.62. The van der Waals surface area contributed by atoms with E-state index in [0.717, 1.165) is 30.5 Å². The highest BCUT2D eigenvalue weighted by atomic mass is 19.1. The average molecular weight is 497 g/mol. The topological polar surface area (TPSA) is 111 Å². The van der Waals surface area contributed by atoms with Gasteiger partial charge in [-0.2, -0.15) is 4.80 Å². The summed E-state index contributed by atoms with van der Waals surface area (Å²) in [6.45, 7) is 1.42. The maximum absolute atomic E-state index is 13.5. The Morgan fingerprint density at radius 1 is 1.11 bits per heavy atom. The predicted octanol–water partition coefficient (Wildman–Crippen LogP) is 2.98. The highest BCUT2D eigenvalue weighted by Crippen LogP contribution is 2.32. The van der Waals surface area contributed by atoms with Crippen molar-refractivity contribution in [1.29, 1.82) is 0 Å². The van der Waals surface area contributed by atoms with E-state index >= 15 is 0 Å². The molecule has 0 radical (unpaired) electrons. The van der Waals surface area contributed by atoms with E-state index in [-0.39, 0.29) is 30.1 Å². The number of rotatable bonds is 9. The molecule has 190 valence electrons. The number of carbonyl (C=O) groups excluding carboxylic acids is 2. The van der Waals surface area contributed by atoms with E-state index < -0.39 is 11.9 Å². The van der Waals surface area contributed by atoms with Gasteiger partial charge in [-0.25, -0.2) is 4.39 Å². The molecule has 1 aliphatic rings. The van der Waals surface area contributed by atoms with E-state index in [2.05, 4.69) is 20.7 Å². The molecule has 0 aliphatic heterocycles. The number of amides is 2. The number of anilines is 1. The molecule has 1 atom stereocenters. The van der Waals surface area contributed by atoms with Crippen LogP contribution in [0.3, 0.4) is 0 Å². The van der Waals surface area contributed by atoms with Gasteiger partial charge in [0.15, 0.2) is 11.5 Å². The van der Waals surface area contributed by atoms with Crippen molar-refractivity contribution in [3.8, 4) is 22.9 Å². The lowest BCUT2D eigenvalue weighted by molar-refractivity contribution is -0.127. The molecule has 1 N–H and O–H groups in total. The van der Waals surface area contributed by atoms with Gasteiger partial charge in [-0.05, 0) is 61.4 Å². The molecule has 1 heterocycles. The zero-order valence-electron chi connectivity index (χ0n) is 20.5. The molecule has 10 nitrogen and oxygen atoms in total. The first kappa shape index (κ1) is 25.1. The molecular formula is C25H29FN6O4. The average Bonchev–Trinajstić information content (AvgIpc) is 3.57. The first-order valence-corrected chi connectivity index (χ1v) is 11.8. The van der Waals surface area contributed by atoms with Crippen LogP contribution in [-0.2, 0) is 16.1 Å². The highest BCUT2D eigenvalue weighted by Gasteiger charge is 2.30. The lowest BCUT2D eigenvalue weighted by atomic mass is 10.1. The smallest absolute Gasteiger partial charge is 0.251 e. The molecule has 2 aromatic carbocycles. The second kappa shape index (κ2) is 11.1. The van der Waals surface area contributed by atoms with Crippen LogP contribution in [0.5, 0.6) is 11.5 Å². The van der Waals surface area contributed by atoms with Crippen LogP contribution in [0.1, 0.15) is 32.6 Å². The summed E-state index contributed by atoms with van der Waals surface area (Å²) in [5.41, 5.74) is 1.03. The van der Waals surface area contributed by atoms with Gasteiger partial charge >= 0.3 is 0 Å². The third-order valence-corrected chi connectivity index (χ3v) is 6.21. The van der Waals surface area contributed by atoms with Crippen molar-refractivity contribution in [2.75, 3.05) is 19.1 Å². The van der Waals surface area contributed by atoms with E-state index in [1.807, 2.05) is 0 Å². The number of ether oxygens (including phenoxy) is 2. The van der Waals surface area contributed by atoms with E-state index in [9.17, 15) is 14.0 Å². The summed E-state index contributed by atoms with van der Waals surface area (Å²) in [5.74, 6) is 0.138. The van der Waals surface area contributed by atoms with Crippen LogP contribution < -0.4 is 19.7 Å².